The first-order valence-corrected chi connectivity index (χ1v) is 5.85. The van der Waals surface area contributed by atoms with Crippen molar-refractivity contribution in [2.75, 3.05) is 12.0 Å². The van der Waals surface area contributed by atoms with Gasteiger partial charge in [-0.05, 0) is 18.4 Å². The van der Waals surface area contributed by atoms with E-state index in [-0.39, 0.29) is 0 Å². The molecule has 0 bridgehead atoms. The third kappa shape index (κ3) is 2.93. The lowest BCUT2D eigenvalue weighted by molar-refractivity contribution is -0.129. The third-order valence-electron chi connectivity index (χ3n) is 2.06. The number of ketones is 1. The number of hydrogen-bond acceptors (Lipinski definition) is 5. The molecule has 1 rings (SSSR count). The number of Topliss-reactive ketones (excluding diaryl/α,β-unsaturated/α-hetero) is 1. The molecule has 4 N–H and O–H groups in total. The lowest BCUT2D eigenvalue weighted by Crippen LogP contribution is -2.47. The normalized spacial score (nSPS) is 22.1. The van der Waals surface area contributed by atoms with Crippen LogP contribution in [0.15, 0.2) is 0 Å². The highest BCUT2D eigenvalue weighted by Gasteiger charge is 2.37. The molecule has 1 aliphatic rings. The lowest BCUT2D eigenvalue weighted by Gasteiger charge is -2.12. The average Bonchev–Trinajstić information content (AvgIpc) is 2.53. The molecule has 1 heterocycles. The fourth-order valence-corrected chi connectivity index (χ4v) is 1.71. The second-order valence-electron chi connectivity index (χ2n) is 3.19. The van der Waals surface area contributed by atoms with Crippen molar-refractivity contribution in [3.05, 3.63) is 0 Å². The van der Waals surface area contributed by atoms with E-state index in [1.165, 1.54) is 0 Å². The van der Waals surface area contributed by atoms with Gasteiger partial charge in [-0.3, -0.25) is 14.9 Å². The molecule has 1 aliphatic heterocycles. The molecule has 3 amide bonds. The average molecular weight is 231 g/mol. The number of hydrogen-bond donors (Lipinski definition) is 3. The number of urea groups is 1. The monoisotopic (exact) mass is 231 g/mol. The van der Waals surface area contributed by atoms with E-state index < -0.39 is 29.8 Å². The van der Waals surface area contributed by atoms with Crippen LogP contribution >= 0.6 is 11.8 Å². The second-order valence-corrected chi connectivity index (χ2v) is 4.17. The minimum absolute atomic E-state index is 0.438. The van der Waals surface area contributed by atoms with Crippen LogP contribution in [-0.2, 0) is 9.59 Å². The molecule has 2 atom stereocenters. The van der Waals surface area contributed by atoms with E-state index >= 15 is 0 Å². The van der Waals surface area contributed by atoms with E-state index in [1.54, 1.807) is 11.8 Å². The van der Waals surface area contributed by atoms with Gasteiger partial charge in [0.1, 0.15) is 0 Å². The molecule has 1 saturated heterocycles. The number of amides is 3. The standard InChI is InChI=1S/C8H13N3O3S/c1-15-3-2-4(9)6(12)5-7(13)11-8(14)10-5/h4-5H,2-3,9H2,1H3,(H2,10,11,13,14)/t4-,5?/m0/s1. The molecule has 0 aromatic rings. The summed E-state index contributed by atoms with van der Waals surface area (Å²) < 4.78 is 0. The molecule has 7 heteroatoms. The Labute approximate surface area is 91.3 Å². The minimum Gasteiger partial charge on any atom is -0.321 e. The largest absolute Gasteiger partial charge is 0.322 e. The Morgan fingerprint density at radius 1 is 1.60 bits per heavy atom. The second kappa shape index (κ2) is 5.13. The van der Waals surface area contributed by atoms with Crippen LogP contribution in [-0.4, -0.2) is 41.8 Å². The van der Waals surface area contributed by atoms with Crippen LogP contribution in [0.4, 0.5) is 4.79 Å². The number of carbonyl (C=O) groups excluding carboxylic acids is 3. The molecule has 84 valence electrons. The van der Waals surface area contributed by atoms with Crippen LogP contribution < -0.4 is 16.4 Å². The van der Waals surface area contributed by atoms with Gasteiger partial charge >= 0.3 is 6.03 Å². The Morgan fingerprint density at radius 2 is 2.27 bits per heavy atom. The molecule has 1 fully saturated rings. The van der Waals surface area contributed by atoms with Crippen molar-refractivity contribution in [3.63, 3.8) is 0 Å². The molecule has 0 spiro atoms. The summed E-state index contributed by atoms with van der Waals surface area (Å²) in [5.41, 5.74) is 5.60. The van der Waals surface area contributed by atoms with Gasteiger partial charge in [-0.2, -0.15) is 11.8 Å². The van der Waals surface area contributed by atoms with Crippen molar-refractivity contribution < 1.29 is 14.4 Å². The Hall–Kier alpha value is -1.08. The molecule has 1 unspecified atom stereocenters. The maximum atomic E-state index is 11.6. The fourth-order valence-electron chi connectivity index (χ4n) is 1.22. The van der Waals surface area contributed by atoms with Gasteiger partial charge in [0.2, 0.25) is 0 Å². The van der Waals surface area contributed by atoms with Crippen molar-refractivity contribution in [1.82, 2.24) is 10.6 Å². The summed E-state index contributed by atoms with van der Waals surface area (Å²) in [6.45, 7) is 0. The van der Waals surface area contributed by atoms with Gasteiger partial charge in [0.25, 0.3) is 5.91 Å². The molecular weight excluding hydrogens is 218 g/mol. The predicted molar refractivity (Wildman–Crippen MR) is 56.4 cm³/mol. The topological polar surface area (TPSA) is 101 Å². The van der Waals surface area contributed by atoms with E-state index in [4.69, 9.17) is 5.73 Å². The van der Waals surface area contributed by atoms with Gasteiger partial charge in [0.05, 0.1) is 6.04 Å². The van der Waals surface area contributed by atoms with Crippen LogP contribution in [0.3, 0.4) is 0 Å². The predicted octanol–water partition coefficient (Wildman–Crippen LogP) is -1.16. The Balaban J connectivity index is 2.52. The lowest BCUT2D eigenvalue weighted by atomic mass is 10.0. The third-order valence-corrected chi connectivity index (χ3v) is 2.70. The number of nitrogens with one attached hydrogen (secondary N) is 2. The van der Waals surface area contributed by atoms with Crippen LogP contribution in [0, 0.1) is 0 Å². The summed E-state index contributed by atoms with van der Waals surface area (Å²) in [6, 6.07) is -2.46. The molecule has 0 aliphatic carbocycles. The molecule has 0 radical (unpaired) electrons. The molecule has 0 saturated carbocycles. The summed E-state index contributed by atoms with van der Waals surface area (Å²) in [5, 5.41) is 4.21. The van der Waals surface area contributed by atoms with E-state index in [0.29, 0.717) is 6.42 Å². The van der Waals surface area contributed by atoms with Crippen molar-refractivity contribution in [3.8, 4) is 0 Å². The minimum atomic E-state index is -1.12. The number of rotatable bonds is 5. The van der Waals surface area contributed by atoms with Gasteiger partial charge in [0, 0.05) is 0 Å². The smallest absolute Gasteiger partial charge is 0.321 e. The van der Waals surface area contributed by atoms with Crippen LogP contribution in [0.25, 0.3) is 0 Å². The highest BCUT2D eigenvalue weighted by Crippen LogP contribution is 2.04. The first kappa shape index (κ1) is 12.0. The Morgan fingerprint density at radius 3 is 2.73 bits per heavy atom. The van der Waals surface area contributed by atoms with E-state index in [9.17, 15) is 14.4 Å². The zero-order chi connectivity index (χ0) is 11.4. The zero-order valence-corrected chi connectivity index (χ0v) is 9.10. The van der Waals surface area contributed by atoms with Crippen molar-refractivity contribution >= 4 is 29.5 Å². The molecule has 0 aromatic heterocycles. The van der Waals surface area contributed by atoms with Crippen LogP contribution in [0.1, 0.15) is 6.42 Å². The van der Waals surface area contributed by atoms with E-state index in [0.717, 1.165) is 5.75 Å². The van der Waals surface area contributed by atoms with Crippen molar-refractivity contribution in [2.45, 2.75) is 18.5 Å². The van der Waals surface area contributed by atoms with Crippen molar-refractivity contribution in [2.24, 2.45) is 5.73 Å². The van der Waals surface area contributed by atoms with Gasteiger partial charge in [-0.15, -0.1) is 0 Å². The van der Waals surface area contributed by atoms with E-state index in [1.807, 2.05) is 11.6 Å². The molecule has 15 heavy (non-hydrogen) atoms. The highest BCUT2D eigenvalue weighted by molar-refractivity contribution is 7.98. The summed E-state index contributed by atoms with van der Waals surface area (Å²) in [6.07, 6.45) is 2.40. The maximum Gasteiger partial charge on any atom is 0.322 e. The van der Waals surface area contributed by atoms with Gasteiger partial charge < -0.3 is 11.1 Å². The highest BCUT2D eigenvalue weighted by atomic mass is 32.2. The van der Waals surface area contributed by atoms with Crippen molar-refractivity contribution in [1.29, 1.82) is 0 Å². The summed E-state index contributed by atoms with van der Waals surface area (Å²) >= 11 is 1.57. The Bertz CT molecular complexity index is 295. The SMILES string of the molecule is CSCC[C@H](N)C(=O)C1NC(=O)NC1=O. The maximum absolute atomic E-state index is 11.6. The van der Waals surface area contributed by atoms with Crippen LogP contribution in [0.5, 0.6) is 0 Å². The summed E-state index contributed by atoms with van der Waals surface area (Å²) in [4.78, 5) is 33.5. The van der Waals surface area contributed by atoms with Crippen LogP contribution in [0.2, 0.25) is 0 Å². The molecule has 0 aromatic carbocycles. The zero-order valence-electron chi connectivity index (χ0n) is 8.28. The van der Waals surface area contributed by atoms with Gasteiger partial charge in [0.15, 0.2) is 11.8 Å². The van der Waals surface area contributed by atoms with E-state index in [2.05, 4.69) is 5.32 Å². The first-order valence-electron chi connectivity index (χ1n) is 4.46. The number of imide groups is 1. The fraction of sp³-hybridized carbons (Fsp3) is 0.625. The number of thioether (sulfide) groups is 1. The number of nitrogens with two attached hydrogens (primary N) is 1. The van der Waals surface area contributed by atoms with Gasteiger partial charge in [-0.1, -0.05) is 0 Å². The molecular formula is C8H13N3O3S. The summed E-state index contributed by atoms with van der Waals surface area (Å²) in [7, 11) is 0. The number of carbonyl (C=O) groups is 3. The summed E-state index contributed by atoms with van der Waals surface area (Å²) in [5.74, 6) is -0.313. The molecule has 6 nitrogen and oxygen atoms in total. The first-order chi connectivity index (χ1) is 7.06. The quantitative estimate of drug-likeness (QED) is 0.409. The Kier molecular flexibility index (Phi) is 4.10. The van der Waals surface area contributed by atoms with Gasteiger partial charge in [-0.25, -0.2) is 4.79 Å².